The lowest BCUT2D eigenvalue weighted by atomic mass is 10.00. The first-order valence-electron chi connectivity index (χ1n) is 6.73. The highest BCUT2D eigenvalue weighted by Crippen LogP contribution is 2.26. The van der Waals surface area contributed by atoms with E-state index in [0.717, 1.165) is 12.8 Å². The van der Waals surface area contributed by atoms with Crippen LogP contribution in [0.1, 0.15) is 33.1 Å². The molecule has 0 spiro atoms. The van der Waals surface area contributed by atoms with Crippen LogP contribution in [-0.4, -0.2) is 31.8 Å². The van der Waals surface area contributed by atoms with Crippen LogP contribution in [0.5, 0.6) is 0 Å². The van der Waals surface area contributed by atoms with E-state index < -0.39 is 9.84 Å². The third-order valence-corrected chi connectivity index (χ3v) is 4.88. The molecule has 1 N–H and O–H groups in total. The number of piperidine rings is 1. The number of hydrogen-bond acceptors (Lipinski definition) is 4. The zero-order valence-electron chi connectivity index (χ0n) is 11.8. The van der Waals surface area contributed by atoms with Crippen molar-refractivity contribution in [3.8, 4) is 0 Å². The number of para-hydroxylation sites is 1. The first kappa shape index (κ1) is 14.3. The van der Waals surface area contributed by atoms with Crippen LogP contribution < -0.4 is 5.43 Å². The van der Waals surface area contributed by atoms with E-state index in [-0.39, 0.29) is 0 Å². The number of anilines is 1. The lowest BCUT2D eigenvalue weighted by Gasteiger charge is -2.39. The fourth-order valence-corrected chi connectivity index (χ4v) is 3.50. The van der Waals surface area contributed by atoms with Crippen molar-refractivity contribution in [2.45, 2.75) is 50.1 Å². The summed E-state index contributed by atoms with van der Waals surface area (Å²) in [6.07, 6.45) is 4.75. The van der Waals surface area contributed by atoms with Crippen LogP contribution in [0.2, 0.25) is 0 Å². The summed E-state index contributed by atoms with van der Waals surface area (Å²) in [7, 11) is -3.21. The maximum absolute atomic E-state index is 11.8. The van der Waals surface area contributed by atoms with Gasteiger partial charge in [0.1, 0.15) is 0 Å². The van der Waals surface area contributed by atoms with E-state index in [1.54, 1.807) is 12.1 Å². The summed E-state index contributed by atoms with van der Waals surface area (Å²) in [6, 6.07) is 7.91. The van der Waals surface area contributed by atoms with Crippen LogP contribution in [0.3, 0.4) is 0 Å². The van der Waals surface area contributed by atoms with Crippen LogP contribution in [0.15, 0.2) is 29.2 Å². The summed E-state index contributed by atoms with van der Waals surface area (Å²) in [5, 5.41) is 2.17. The average Bonchev–Trinajstić information content (AvgIpc) is 2.33. The maximum Gasteiger partial charge on any atom is 0.177 e. The molecule has 0 saturated carbocycles. The summed E-state index contributed by atoms with van der Waals surface area (Å²) in [5.41, 5.74) is 3.98. The smallest absolute Gasteiger partial charge is 0.177 e. The molecule has 0 radical (unpaired) electrons. The lowest BCUT2D eigenvalue weighted by Crippen LogP contribution is -2.47. The highest BCUT2D eigenvalue weighted by atomic mass is 32.2. The number of nitrogens with one attached hydrogen (secondary N) is 1. The van der Waals surface area contributed by atoms with Gasteiger partial charge in [-0.25, -0.2) is 13.4 Å². The molecule has 2 atom stereocenters. The molecule has 2 unspecified atom stereocenters. The number of rotatable bonds is 3. The third kappa shape index (κ3) is 3.28. The van der Waals surface area contributed by atoms with Gasteiger partial charge in [-0.05, 0) is 38.8 Å². The Morgan fingerprint density at radius 3 is 2.32 bits per heavy atom. The molecule has 1 heterocycles. The molecule has 1 saturated heterocycles. The van der Waals surface area contributed by atoms with Gasteiger partial charge in [-0.3, -0.25) is 0 Å². The number of hydrogen-bond donors (Lipinski definition) is 1. The van der Waals surface area contributed by atoms with E-state index in [1.165, 1.54) is 12.7 Å². The molecule has 19 heavy (non-hydrogen) atoms. The maximum atomic E-state index is 11.8. The second-order valence-electron chi connectivity index (χ2n) is 5.42. The Morgan fingerprint density at radius 2 is 1.74 bits per heavy atom. The fourth-order valence-electron chi connectivity index (χ4n) is 2.66. The van der Waals surface area contributed by atoms with E-state index in [4.69, 9.17) is 0 Å². The van der Waals surface area contributed by atoms with Gasteiger partial charge >= 0.3 is 0 Å². The van der Waals surface area contributed by atoms with Crippen LogP contribution in [-0.2, 0) is 9.84 Å². The number of benzene rings is 1. The monoisotopic (exact) mass is 282 g/mol. The molecule has 1 aliphatic heterocycles. The van der Waals surface area contributed by atoms with Crippen molar-refractivity contribution in [3.05, 3.63) is 24.3 Å². The first-order chi connectivity index (χ1) is 8.89. The van der Waals surface area contributed by atoms with Crippen molar-refractivity contribution in [3.63, 3.8) is 0 Å². The van der Waals surface area contributed by atoms with Crippen molar-refractivity contribution in [2.24, 2.45) is 0 Å². The minimum atomic E-state index is -3.21. The van der Waals surface area contributed by atoms with E-state index in [1.807, 2.05) is 12.1 Å². The number of nitrogens with zero attached hydrogens (tertiary/aromatic N) is 1. The molecule has 0 aliphatic carbocycles. The van der Waals surface area contributed by atoms with Gasteiger partial charge in [0.05, 0.1) is 10.6 Å². The minimum Gasteiger partial charge on any atom is -0.317 e. The second-order valence-corrected chi connectivity index (χ2v) is 7.40. The molecule has 0 bridgehead atoms. The minimum absolute atomic E-state index is 0.361. The number of sulfone groups is 1. The average molecular weight is 282 g/mol. The van der Waals surface area contributed by atoms with E-state index in [9.17, 15) is 8.42 Å². The Hall–Kier alpha value is -1.07. The van der Waals surface area contributed by atoms with Gasteiger partial charge in [-0.15, -0.1) is 0 Å². The fraction of sp³-hybridized carbons (Fsp3) is 0.571. The Labute approximate surface area is 115 Å². The van der Waals surface area contributed by atoms with Crippen molar-refractivity contribution < 1.29 is 8.42 Å². The van der Waals surface area contributed by atoms with E-state index in [0.29, 0.717) is 22.7 Å². The van der Waals surface area contributed by atoms with Gasteiger partial charge in [0.15, 0.2) is 9.84 Å². The summed E-state index contributed by atoms with van der Waals surface area (Å²) in [6.45, 7) is 4.34. The molecule has 106 valence electrons. The largest absolute Gasteiger partial charge is 0.317 e. The summed E-state index contributed by atoms with van der Waals surface area (Å²) >= 11 is 0. The summed E-state index contributed by atoms with van der Waals surface area (Å²) in [5.74, 6) is 0. The Morgan fingerprint density at radius 1 is 1.16 bits per heavy atom. The van der Waals surface area contributed by atoms with E-state index >= 15 is 0 Å². The van der Waals surface area contributed by atoms with Crippen molar-refractivity contribution in [1.29, 1.82) is 0 Å². The molecule has 0 aromatic heterocycles. The SMILES string of the molecule is CC1CCCC(C)N1Nc1ccccc1S(C)(=O)=O. The van der Waals surface area contributed by atoms with Crippen LogP contribution >= 0.6 is 0 Å². The van der Waals surface area contributed by atoms with Crippen LogP contribution in [0.25, 0.3) is 0 Å². The molecular weight excluding hydrogens is 260 g/mol. The third-order valence-electron chi connectivity index (χ3n) is 3.73. The molecule has 1 aliphatic rings. The molecule has 2 rings (SSSR count). The second kappa shape index (κ2) is 5.51. The zero-order chi connectivity index (χ0) is 14.0. The van der Waals surface area contributed by atoms with Crippen LogP contribution in [0.4, 0.5) is 5.69 Å². The van der Waals surface area contributed by atoms with Gasteiger partial charge in [-0.2, -0.15) is 0 Å². The highest BCUT2D eigenvalue weighted by molar-refractivity contribution is 7.90. The van der Waals surface area contributed by atoms with E-state index in [2.05, 4.69) is 24.3 Å². The molecular formula is C14H22N2O2S. The molecule has 1 fully saturated rings. The van der Waals surface area contributed by atoms with Crippen LogP contribution in [0, 0.1) is 0 Å². The molecule has 1 aromatic rings. The van der Waals surface area contributed by atoms with Gasteiger partial charge in [0.25, 0.3) is 0 Å². The zero-order valence-corrected chi connectivity index (χ0v) is 12.6. The van der Waals surface area contributed by atoms with Crippen molar-refractivity contribution in [2.75, 3.05) is 11.7 Å². The summed E-state index contributed by atoms with van der Waals surface area (Å²) < 4.78 is 23.6. The van der Waals surface area contributed by atoms with Crippen molar-refractivity contribution >= 4 is 15.5 Å². The molecule has 5 heteroatoms. The van der Waals surface area contributed by atoms with Gasteiger partial charge < -0.3 is 5.43 Å². The topological polar surface area (TPSA) is 49.4 Å². The van der Waals surface area contributed by atoms with Gasteiger partial charge in [-0.1, -0.05) is 18.6 Å². The molecule has 0 amide bonds. The normalized spacial score (nSPS) is 25.2. The molecule has 1 aromatic carbocycles. The first-order valence-corrected chi connectivity index (χ1v) is 8.63. The lowest BCUT2D eigenvalue weighted by molar-refractivity contribution is 0.135. The quantitative estimate of drug-likeness (QED) is 0.926. The molecule has 4 nitrogen and oxygen atoms in total. The Balaban J connectivity index is 2.28. The van der Waals surface area contributed by atoms with Gasteiger partial charge in [0.2, 0.25) is 0 Å². The standard InChI is InChI=1S/C14H22N2O2S/c1-11-7-6-8-12(2)16(11)15-13-9-4-5-10-14(13)19(3,17)18/h4-5,9-12,15H,6-8H2,1-3H3. The predicted octanol–water partition coefficient (Wildman–Crippen LogP) is 2.68. The Bertz CT molecular complexity index is 532. The summed E-state index contributed by atoms with van der Waals surface area (Å²) in [4.78, 5) is 0.361. The predicted molar refractivity (Wildman–Crippen MR) is 77.8 cm³/mol. The number of hydrazine groups is 1. The van der Waals surface area contributed by atoms with Crippen molar-refractivity contribution in [1.82, 2.24) is 5.01 Å². The van der Waals surface area contributed by atoms with Gasteiger partial charge in [0, 0.05) is 18.3 Å². The Kier molecular flexibility index (Phi) is 4.16. The highest BCUT2D eigenvalue weighted by Gasteiger charge is 2.26.